The molecule has 0 bridgehead atoms. The van der Waals surface area contributed by atoms with Gasteiger partial charge in [0.05, 0.1) is 20.3 Å². The third-order valence-corrected chi connectivity index (χ3v) is 5.42. The summed E-state index contributed by atoms with van der Waals surface area (Å²) in [5, 5.41) is 0. The number of carbonyl (C=O) groups excluding carboxylic acids is 1. The number of halogens is 1. The van der Waals surface area contributed by atoms with Crippen LogP contribution in [-0.2, 0) is 11.2 Å². The van der Waals surface area contributed by atoms with Gasteiger partial charge >= 0.3 is 0 Å². The minimum Gasteiger partial charge on any atom is -0.493 e. The van der Waals surface area contributed by atoms with E-state index >= 15 is 0 Å². The number of rotatable bonds is 9. The molecule has 0 heterocycles. The van der Waals surface area contributed by atoms with Gasteiger partial charge in [0.1, 0.15) is 0 Å². The topological polar surface area (TPSA) is 38.8 Å². The van der Waals surface area contributed by atoms with Gasteiger partial charge in [0.2, 0.25) is 5.91 Å². The van der Waals surface area contributed by atoms with Crippen molar-refractivity contribution in [2.24, 2.45) is 0 Å². The second-order valence-corrected chi connectivity index (χ2v) is 7.29. The Morgan fingerprint density at radius 2 is 1.85 bits per heavy atom. The number of methoxy groups -OCH3 is 2. The highest BCUT2D eigenvalue weighted by Crippen LogP contribution is 2.32. The zero-order valence-corrected chi connectivity index (χ0v) is 18.1. The van der Waals surface area contributed by atoms with Crippen molar-refractivity contribution in [1.29, 1.82) is 0 Å². The first-order valence-corrected chi connectivity index (χ1v) is 10.1. The van der Waals surface area contributed by atoms with Crippen molar-refractivity contribution < 1.29 is 14.3 Å². The van der Waals surface area contributed by atoms with Crippen LogP contribution in [-0.4, -0.2) is 31.6 Å². The highest BCUT2D eigenvalue weighted by molar-refractivity contribution is 9.10. The summed E-state index contributed by atoms with van der Waals surface area (Å²) in [4.78, 5) is 15.0. The second kappa shape index (κ2) is 10.4. The van der Waals surface area contributed by atoms with Crippen LogP contribution in [0, 0.1) is 0 Å². The van der Waals surface area contributed by atoms with E-state index in [4.69, 9.17) is 9.47 Å². The first kappa shape index (κ1) is 21.3. The van der Waals surface area contributed by atoms with E-state index in [1.807, 2.05) is 41.3 Å². The molecule has 0 saturated heterocycles. The fourth-order valence-electron chi connectivity index (χ4n) is 3.29. The van der Waals surface area contributed by atoms with Gasteiger partial charge in [0.25, 0.3) is 0 Å². The molecule has 0 fully saturated rings. The van der Waals surface area contributed by atoms with Gasteiger partial charge in [0.15, 0.2) is 11.5 Å². The van der Waals surface area contributed by atoms with Crippen LogP contribution in [0.2, 0.25) is 0 Å². The van der Waals surface area contributed by atoms with Gasteiger partial charge in [-0.25, -0.2) is 0 Å². The fraction of sp³-hybridized carbons (Fsp3) is 0.409. The first-order valence-electron chi connectivity index (χ1n) is 9.27. The van der Waals surface area contributed by atoms with E-state index in [1.54, 1.807) is 14.2 Å². The van der Waals surface area contributed by atoms with Crippen molar-refractivity contribution in [1.82, 2.24) is 4.90 Å². The Kier molecular flexibility index (Phi) is 8.17. The Hall–Kier alpha value is -2.01. The molecule has 2 aromatic carbocycles. The van der Waals surface area contributed by atoms with Gasteiger partial charge in [-0.05, 0) is 43.0 Å². The van der Waals surface area contributed by atoms with E-state index in [0.717, 1.165) is 28.6 Å². The monoisotopic (exact) mass is 433 g/mol. The molecule has 0 aliphatic heterocycles. The SMILES string of the molecule is CCCN(C(=O)CCc1cccc(OC)c1OC)C(C)c1ccccc1Br. The maximum atomic E-state index is 13.0. The Morgan fingerprint density at radius 1 is 1.11 bits per heavy atom. The summed E-state index contributed by atoms with van der Waals surface area (Å²) in [6.07, 6.45) is 1.96. The van der Waals surface area contributed by atoms with E-state index in [2.05, 4.69) is 35.8 Å². The first-order chi connectivity index (χ1) is 13.0. The van der Waals surface area contributed by atoms with Crippen molar-refractivity contribution in [2.45, 2.75) is 39.2 Å². The molecule has 146 valence electrons. The van der Waals surface area contributed by atoms with Crippen molar-refractivity contribution in [3.8, 4) is 11.5 Å². The average Bonchev–Trinajstić information content (AvgIpc) is 2.69. The summed E-state index contributed by atoms with van der Waals surface area (Å²) in [7, 11) is 3.25. The molecule has 1 atom stereocenters. The number of benzene rings is 2. The molecular weight excluding hydrogens is 406 g/mol. The smallest absolute Gasteiger partial charge is 0.223 e. The van der Waals surface area contributed by atoms with Gasteiger partial charge in [-0.1, -0.05) is 53.2 Å². The van der Waals surface area contributed by atoms with Crippen LogP contribution in [0.3, 0.4) is 0 Å². The Morgan fingerprint density at radius 3 is 2.48 bits per heavy atom. The Bertz CT molecular complexity index is 763. The number of amides is 1. The van der Waals surface area contributed by atoms with Crippen molar-refractivity contribution >= 4 is 21.8 Å². The van der Waals surface area contributed by atoms with E-state index in [1.165, 1.54) is 0 Å². The van der Waals surface area contributed by atoms with Crippen LogP contribution in [0.5, 0.6) is 11.5 Å². The van der Waals surface area contributed by atoms with Crippen LogP contribution in [0.1, 0.15) is 43.9 Å². The standard InChI is InChI=1S/C22H28BrNO3/c1-5-15-24(16(2)18-10-6-7-11-19(18)23)21(25)14-13-17-9-8-12-20(26-3)22(17)27-4/h6-12,16H,5,13-15H2,1-4H3. The summed E-state index contributed by atoms with van der Waals surface area (Å²) in [6.45, 7) is 4.91. The summed E-state index contributed by atoms with van der Waals surface area (Å²) in [5.74, 6) is 1.54. The summed E-state index contributed by atoms with van der Waals surface area (Å²) < 4.78 is 11.9. The van der Waals surface area contributed by atoms with Gasteiger partial charge in [-0.3, -0.25) is 4.79 Å². The van der Waals surface area contributed by atoms with E-state index in [-0.39, 0.29) is 11.9 Å². The Labute approximate surface area is 170 Å². The minimum atomic E-state index is 0.0141. The molecule has 0 spiro atoms. The normalized spacial score (nSPS) is 11.7. The van der Waals surface area contributed by atoms with Crippen molar-refractivity contribution in [2.75, 3.05) is 20.8 Å². The number of ether oxygens (including phenoxy) is 2. The number of carbonyl (C=O) groups is 1. The highest BCUT2D eigenvalue weighted by atomic mass is 79.9. The van der Waals surface area contributed by atoms with E-state index < -0.39 is 0 Å². The molecule has 0 aliphatic carbocycles. The lowest BCUT2D eigenvalue weighted by Crippen LogP contribution is -2.34. The number of para-hydroxylation sites is 1. The van der Waals surface area contributed by atoms with Crippen LogP contribution < -0.4 is 9.47 Å². The number of hydrogen-bond acceptors (Lipinski definition) is 3. The summed E-state index contributed by atoms with van der Waals surface area (Å²) >= 11 is 3.61. The second-order valence-electron chi connectivity index (χ2n) is 6.44. The van der Waals surface area contributed by atoms with Crippen molar-refractivity contribution in [3.05, 3.63) is 58.1 Å². The molecule has 0 aromatic heterocycles. The predicted octanol–water partition coefficient (Wildman–Crippen LogP) is 5.40. The quantitative estimate of drug-likeness (QED) is 0.531. The third-order valence-electron chi connectivity index (χ3n) is 4.70. The summed E-state index contributed by atoms with van der Waals surface area (Å²) in [5.41, 5.74) is 2.11. The number of nitrogens with zero attached hydrogens (tertiary/aromatic N) is 1. The molecule has 0 radical (unpaired) electrons. The van der Waals surface area contributed by atoms with Gasteiger partial charge in [-0.2, -0.15) is 0 Å². The maximum Gasteiger partial charge on any atom is 0.223 e. The predicted molar refractivity (Wildman–Crippen MR) is 112 cm³/mol. The van der Waals surface area contributed by atoms with Crippen LogP contribution in [0.4, 0.5) is 0 Å². The van der Waals surface area contributed by atoms with E-state index in [9.17, 15) is 4.79 Å². The molecule has 4 nitrogen and oxygen atoms in total. The average molecular weight is 434 g/mol. The van der Waals surface area contributed by atoms with Gasteiger partial charge in [0, 0.05) is 17.4 Å². The van der Waals surface area contributed by atoms with Crippen molar-refractivity contribution in [3.63, 3.8) is 0 Å². The molecule has 27 heavy (non-hydrogen) atoms. The molecule has 1 amide bonds. The fourth-order valence-corrected chi connectivity index (χ4v) is 3.91. The molecule has 2 rings (SSSR count). The molecule has 0 saturated carbocycles. The number of hydrogen-bond donors (Lipinski definition) is 0. The largest absolute Gasteiger partial charge is 0.493 e. The number of aryl methyl sites for hydroxylation is 1. The minimum absolute atomic E-state index is 0.0141. The zero-order valence-electron chi connectivity index (χ0n) is 16.5. The van der Waals surface area contributed by atoms with Crippen LogP contribution >= 0.6 is 15.9 Å². The lowest BCUT2D eigenvalue weighted by atomic mass is 10.0. The van der Waals surface area contributed by atoms with Crippen LogP contribution in [0.25, 0.3) is 0 Å². The van der Waals surface area contributed by atoms with Crippen LogP contribution in [0.15, 0.2) is 46.9 Å². The summed E-state index contributed by atoms with van der Waals surface area (Å²) in [6, 6.07) is 13.9. The zero-order chi connectivity index (χ0) is 19.8. The molecule has 1 unspecified atom stereocenters. The highest BCUT2D eigenvalue weighted by Gasteiger charge is 2.22. The Balaban J connectivity index is 2.15. The lowest BCUT2D eigenvalue weighted by molar-refractivity contribution is -0.133. The molecule has 0 aliphatic rings. The van der Waals surface area contributed by atoms with Gasteiger partial charge in [-0.15, -0.1) is 0 Å². The molecule has 2 aromatic rings. The lowest BCUT2D eigenvalue weighted by Gasteiger charge is -2.30. The van der Waals surface area contributed by atoms with Gasteiger partial charge < -0.3 is 14.4 Å². The third kappa shape index (κ3) is 5.25. The molecule has 5 heteroatoms. The molecular formula is C22H28BrNO3. The maximum absolute atomic E-state index is 13.0. The van der Waals surface area contributed by atoms with E-state index in [0.29, 0.717) is 24.3 Å². The molecule has 0 N–H and O–H groups in total.